The molecule has 0 radical (unpaired) electrons. The van der Waals surface area contributed by atoms with Gasteiger partial charge in [0.2, 0.25) is 0 Å². The fourth-order valence-electron chi connectivity index (χ4n) is 2.35. The average Bonchev–Trinajstić information content (AvgIpc) is 2.46. The lowest BCUT2D eigenvalue weighted by Crippen LogP contribution is -2.24. The largest absolute Gasteiger partial charge is 0.497 e. The predicted molar refractivity (Wildman–Crippen MR) is 81.9 cm³/mol. The van der Waals surface area contributed by atoms with E-state index in [0.717, 1.165) is 29.0 Å². The van der Waals surface area contributed by atoms with Gasteiger partial charge in [0.25, 0.3) is 0 Å². The van der Waals surface area contributed by atoms with Crippen LogP contribution in [0.2, 0.25) is 0 Å². The number of aromatic nitrogens is 1. The summed E-state index contributed by atoms with van der Waals surface area (Å²) in [4.78, 5) is 4.22. The minimum atomic E-state index is 0.0413. The maximum absolute atomic E-state index is 6.07. The molecule has 4 heteroatoms. The van der Waals surface area contributed by atoms with Crippen LogP contribution in [-0.2, 0) is 0 Å². The summed E-state index contributed by atoms with van der Waals surface area (Å²) in [6.45, 7) is 4.99. The van der Waals surface area contributed by atoms with E-state index in [1.54, 1.807) is 13.3 Å². The number of nitrogens with two attached hydrogens (primary N) is 1. The van der Waals surface area contributed by atoms with E-state index in [-0.39, 0.29) is 6.04 Å². The van der Waals surface area contributed by atoms with Gasteiger partial charge >= 0.3 is 0 Å². The van der Waals surface area contributed by atoms with Crippen LogP contribution < -0.4 is 15.8 Å². The van der Waals surface area contributed by atoms with Gasteiger partial charge < -0.3 is 15.8 Å². The molecule has 2 aromatic rings. The lowest BCUT2D eigenvalue weighted by Gasteiger charge is -2.22. The van der Waals surface area contributed by atoms with Crippen molar-refractivity contribution in [2.75, 3.05) is 19.4 Å². The second-order valence-corrected chi connectivity index (χ2v) is 4.69. The minimum Gasteiger partial charge on any atom is -0.497 e. The third-order valence-corrected chi connectivity index (χ3v) is 3.39. The molecule has 106 valence electrons. The van der Waals surface area contributed by atoms with Crippen LogP contribution in [0.25, 0.3) is 0 Å². The number of benzene rings is 1. The summed E-state index contributed by atoms with van der Waals surface area (Å²) in [7, 11) is 1.67. The van der Waals surface area contributed by atoms with Crippen molar-refractivity contribution < 1.29 is 4.74 Å². The van der Waals surface area contributed by atoms with E-state index in [2.05, 4.69) is 36.3 Å². The van der Waals surface area contributed by atoms with E-state index in [1.807, 2.05) is 18.2 Å². The molecule has 3 N–H and O–H groups in total. The Balaban J connectivity index is 2.44. The van der Waals surface area contributed by atoms with Crippen molar-refractivity contribution >= 4 is 5.82 Å². The standard InChI is InChI=1S/C16H21N3O/c1-4-18-15(12-5-7-13(20-3)8-6-12)14-11(2)9-10-19-16(14)17/h5-10,15,18H,4H2,1-3H3,(H2,17,19). The maximum Gasteiger partial charge on any atom is 0.128 e. The number of pyridine rings is 1. The van der Waals surface area contributed by atoms with E-state index in [0.29, 0.717) is 5.82 Å². The molecule has 0 spiro atoms. The number of hydrogen-bond donors (Lipinski definition) is 2. The van der Waals surface area contributed by atoms with E-state index >= 15 is 0 Å². The highest BCUT2D eigenvalue weighted by Crippen LogP contribution is 2.29. The predicted octanol–water partition coefficient (Wildman–Crippen LogP) is 2.68. The van der Waals surface area contributed by atoms with Crippen LogP contribution >= 0.6 is 0 Å². The summed E-state index contributed by atoms with van der Waals surface area (Å²) in [6, 6.07) is 10.1. The number of hydrogen-bond acceptors (Lipinski definition) is 4. The Hall–Kier alpha value is -2.07. The lowest BCUT2D eigenvalue weighted by molar-refractivity contribution is 0.414. The Morgan fingerprint density at radius 1 is 1.25 bits per heavy atom. The SMILES string of the molecule is CCNC(c1ccc(OC)cc1)c1c(C)ccnc1N. The first kappa shape index (κ1) is 14.3. The lowest BCUT2D eigenvalue weighted by atomic mass is 9.95. The summed E-state index contributed by atoms with van der Waals surface area (Å²) in [5.41, 5.74) is 9.40. The zero-order valence-corrected chi connectivity index (χ0v) is 12.2. The average molecular weight is 271 g/mol. The van der Waals surface area contributed by atoms with Crippen LogP contribution in [0.5, 0.6) is 5.75 Å². The first-order valence-electron chi connectivity index (χ1n) is 6.75. The molecule has 1 heterocycles. The summed E-state index contributed by atoms with van der Waals surface area (Å²) < 4.78 is 5.20. The Labute approximate surface area is 120 Å². The van der Waals surface area contributed by atoms with Crippen LogP contribution in [0.4, 0.5) is 5.82 Å². The first-order valence-corrected chi connectivity index (χ1v) is 6.75. The van der Waals surface area contributed by atoms with Gasteiger partial charge in [-0.3, -0.25) is 0 Å². The smallest absolute Gasteiger partial charge is 0.128 e. The monoisotopic (exact) mass is 271 g/mol. The number of aryl methyl sites for hydroxylation is 1. The number of anilines is 1. The van der Waals surface area contributed by atoms with Gasteiger partial charge in [0, 0.05) is 11.8 Å². The van der Waals surface area contributed by atoms with Gasteiger partial charge in [0.1, 0.15) is 11.6 Å². The molecule has 1 aromatic carbocycles. The van der Waals surface area contributed by atoms with Crippen molar-refractivity contribution in [3.63, 3.8) is 0 Å². The molecule has 0 aliphatic rings. The topological polar surface area (TPSA) is 60.2 Å². The molecular weight excluding hydrogens is 250 g/mol. The van der Waals surface area contributed by atoms with Crippen LogP contribution in [0.15, 0.2) is 36.5 Å². The van der Waals surface area contributed by atoms with Gasteiger partial charge in [0.15, 0.2) is 0 Å². The van der Waals surface area contributed by atoms with Gasteiger partial charge in [-0.2, -0.15) is 0 Å². The molecule has 0 bridgehead atoms. The molecule has 20 heavy (non-hydrogen) atoms. The summed E-state index contributed by atoms with van der Waals surface area (Å²) >= 11 is 0. The highest BCUT2D eigenvalue weighted by Gasteiger charge is 2.18. The zero-order valence-electron chi connectivity index (χ0n) is 12.2. The van der Waals surface area contributed by atoms with Crippen LogP contribution in [-0.4, -0.2) is 18.6 Å². The number of nitrogen functional groups attached to an aromatic ring is 1. The number of ether oxygens (including phenoxy) is 1. The third-order valence-electron chi connectivity index (χ3n) is 3.39. The maximum atomic E-state index is 6.07. The minimum absolute atomic E-state index is 0.0413. The van der Waals surface area contributed by atoms with Gasteiger partial charge in [-0.15, -0.1) is 0 Å². The highest BCUT2D eigenvalue weighted by molar-refractivity contribution is 5.50. The van der Waals surface area contributed by atoms with E-state index < -0.39 is 0 Å². The Kier molecular flexibility index (Phi) is 4.58. The van der Waals surface area contributed by atoms with Gasteiger partial charge in [-0.05, 0) is 42.8 Å². The Bertz CT molecular complexity index is 546. The molecule has 4 nitrogen and oxygen atoms in total. The second kappa shape index (κ2) is 6.39. The Morgan fingerprint density at radius 2 is 1.95 bits per heavy atom. The zero-order chi connectivity index (χ0) is 14.5. The van der Waals surface area contributed by atoms with Crippen molar-refractivity contribution in [1.29, 1.82) is 0 Å². The fraction of sp³-hybridized carbons (Fsp3) is 0.312. The number of methoxy groups -OCH3 is 1. The molecule has 1 aromatic heterocycles. The summed E-state index contributed by atoms with van der Waals surface area (Å²) in [6.07, 6.45) is 1.74. The molecule has 1 unspecified atom stereocenters. The van der Waals surface area contributed by atoms with Crippen LogP contribution in [0, 0.1) is 6.92 Å². The number of rotatable bonds is 5. The van der Waals surface area contributed by atoms with Crippen molar-refractivity contribution in [3.8, 4) is 5.75 Å². The number of nitrogens with zero attached hydrogens (tertiary/aromatic N) is 1. The Morgan fingerprint density at radius 3 is 2.50 bits per heavy atom. The first-order chi connectivity index (χ1) is 9.67. The van der Waals surface area contributed by atoms with E-state index in [9.17, 15) is 0 Å². The molecule has 2 rings (SSSR count). The number of nitrogens with one attached hydrogen (secondary N) is 1. The molecule has 0 fully saturated rings. The van der Waals surface area contributed by atoms with Crippen molar-refractivity contribution in [2.45, 2.75) is 19.9 Å². The molecule has 1 atom stereocenters. The van der Waals surface area contributed by atoms with Crippen molar-refractivity contribution in [3.05, 3.63) is 53.2 Å². The molecule has 0 amide bonds. The summed E-state index contributed by atoms with van der Waals surface area (Å²) in [5.74, 6) is 1.42. The normalized spacial score (nSPS) is 12.2. The van der Waals surface area contributed by atoms with E-state index in [4.69, 9.17) is 10.5 Å². The van der Waals surface area contributed by atoms with Crippen molar-refractivity contribution in [1.82, 2.24) is 10.3 Å². The van der Waals surface area contributed by atoms with Gasteiger partial charge in [0.05, 0.1) is 13.2 Å². The molecule has 0 saturated heterocycles. The summed E-state index contributed by atoms with van der Waals surface area (Å²) in [5, 5.41) is 3.47. The van der Waals surface area contributed by atoms with Crippen LogP contribution in [0.3, 0.4) is 0 Å². The van der Waals surface area contributed by atoms with E-state index in [1.165, 1.54) is 0 Å². The fourth-order valence-corrected chi connectivity index (χ4v) is 2.35. The second-order valence-electron chi connectivity index (χ2n) is 4.69. The molecular formula is C16H21N3O. The van der Waals surface area contributed by atoms with Gasteiger partial charge in [-0.1, -0.05) is 19.1 Å². The van der Waals surface area contributed by atoms with Gasteiger partial charge in [-0.25, -0.2) is 4.98 Å². The van der Waals surface area contributed by atoms with Crippen LogP contribution in [0.1, 0.15) is 29.7 Å². The van der Waals surface area contributed by atoms with Crippen molar-refractivity contribution in [2.24, 2.45) is 0 Å². The quantitative estimate of drug-likeness (QED) is 0.877. The molecule has 0 aliphatic carbocycles. The highest BCUT2D eigenvalue weighted by atomic mass is 16.5. The third kappa shape index (κ3) is 2.91. The molecule has 0 aliphatic heterocycles. The molecule has 0 saturated carbocycles.